The molecule has 3 atom stereocenters. The SMILES string of the molecule is Cl.Cl.O=C(NC1CC2CCC(C1)N2)C1CN(Cc2ccccc2)CCO1. The molecule has 0 aromatic heterocycles. The largest absolute Gasteiger partial charge is 0.366 e. The lowest BCUT2D eigenvalue weighted by molar-refractivity contribution is -0.139. The molecular weight excluding hydrogens is 373 g/mol. The zero-order chi connectivity index (χ0) is 16.4. The van der Waals surface area contributed by atoms with E-state index in [9.17, 15) is 4.79 Å². The minimum Gasteiger partial charge on any atom is -0.366 e. The molecule has 3 heterocycles. The van der Waals surface area contributed by atoms with E-state index in [1.54, 1.807) is 0 Å². The van der Waals surface area contributed by atoms with E-state index in [1.165, 1.54) is 18.4 Å². The summed E-state index contributed by atoms with van der Waals surface area (Å²) < 4.78 is 5.75. The zero-order valence-electron chi connectivity index (χ0n) is 14.9. The molecule has 1 aromatic rings. The molecule has 3 saturated heterocycles. The fourth-order valence-corrected chi connectivity index (χ4v) is 4.32. The molecule has 1 aromatic carbocycles. The second kappa shape index (κ2) is 9.90. The van der Waals surface area contributed by atoms with Crippen molar-refractivity contribution in [1.29, 1.82) is 0 Å². The third kappa shape index (κ3) is 5.33. The quantitative estimate of drug-likeness (QED) is 0.811. The monoisotopic (exact) mass is 401 g/mol. The van der Waals surface area contributed by atoms with Crippen LogP contribution in [0.25, 0.3) is 0 Å². The number of benzene rings is 1. The summed E-state index contributed by atoms with van der Waals surface area (Å²) in [5, 5.41) is 6.86. The molecule has 146 valence electrons. The molecule has 0 saturated carbocycles. The predicted octanol–water partition coefficient (Wildman–Crippen LogP) is 2.13. The first-order chi connectivity index (χ1) is 11.8. The van der Waals surface area contributed by atoms with Gasteiger partial charge in [-0.2, -0.15) is 0 Å². The van der Waals surface area contributed by atoms with Gasteiger partial charge < -0.3 is 15.4 Å². The Morgan fingerprint density at radius 3 is 2.54 bits per heavy atom. The maximum Gasteiger partial charge on any atom is 0.250 e. The summed E-state index contributed by atoms with van der Waals surface area (Å²) in [5.74, 6) is 0.0686. The first-order valence-electron chi connectivity index (χ1n) is 9.20. The van der Waals surface area contributed by atoms with E-state index in [1.807, 2.05) is 6.07 Å². The summed E-state index contributed by atoms with van der Waals surface area (Å²) >= 11 is 0. The summed E-state index contributed by atoms with van der Waals surface area (Å²) in [7, 11) is 0. The van der Waals surface area contributed by atoms with Crippen molar-refractivity contribution >= 4 is 30.7 Å². The topological polar surface area (TPSA) is 53.6 Å². The molecule has 0 radical (unpaired) electrons. The standard InChI is InChI=1S/C19H27N3O2.2ClH/c23-19(21-17-10-15-6-7-16(11-17)20-15)18-13-22(8-9-24-18)12-14-4-2-1-3-5-14;;/h1-5,15-18,20H,6-13H2,(H,21,23);2*1H. The van der Waals surface area contributed by atoms with Crippen LogP contribution >= 0.6 is 24.8 Å². The van der Waals surface area contributed by atoms with Gasteiger partial charge in [-0.3, -0.25) is 9.69 Å². The Balaban J connectivity index is 0.00000121. The van der Waals surface area contributed by atoms with Gasteiger partial charge in [0.1, 0.15) is 6.10 Å². The molecule has 7 heteroatoms. The van der Waals surface area contributed by atoms with Gasteiger partial charge in [-0.1, -0.05) is 30.3 Å². The Labute approximate surface area is 168 Å². The Morgan fingerprint density at radius 1 is 1.15 bits per heavy atom. The van der Waals surface area contributed by atoms with Gasteiger partial charge in [-0.25, -0.2) is 0 Å². The summed E-state index contributed by atoms with van der Waals surface area (Å²) in [6.07, 6.45) is 4.28. The van der Waals surface area contributed by atoms with Crippen LogP contribution in [0.15, 0.2) is 30.3 Å². The molecule has 3 fully saturated rings. The first kappa shape index (κ1) is 21.5. The van der Waals surface area contributed by atoms with Crippen LogP contribution < -0.4 is 10.6 Å². The fraction of sp³-hybridized carbons (Fsp3) is 0.632. The molecule has 0 spiro atoms. The number of halogens is 2. The van der Waals surface area contributed by atoms with Gasteiger partial charge in [0.15, 0.2) is 0 Å². The summed E-state index contributed by atoms with van der Waals surface area (Å²) in [6.45, 7) is 3.07. The number of fused-ring (bicyclic) bond motifs is 2. The Hall–Kier alpha value is -0.850. The van der Waals surface area contributed by atoms with Crippen molar-refractivity contribution in [2.75, 3.05) is 19.7 Å². The minimum atomic E-state index is -0.338. The highest BCUT2D eigenvalue weighted by atomic mass is 35.5. The molecule has 4 rings (SSSR count). The van der Waals surface area contributed by atoms with Crippen LogP contribution in [0.2, 0.25) is 0 Å². The van der Waals surface area contributed by atoms with E-state index >= 15 is 0 Å². The number of amides is 1. The van der Waals surface area contributed by atoms with Crippen molar-refractivity contribution in [3.05, 3.63) is 35.9 Å². The van der Waals surface area contributed by atoms with E-state index in [-0.39, 0.29) is 36.8 Å². The third-order valence-electron chi connectivity index (χ3n) is 5.51. The fourth-order valence-electron chi connectivity index (χ4n) is 4.32. The lowest BCUT2D eigenvalue weighted by Gasteiger charge is -2.34. The highest BCUT2D eigenvalue weighted by Gasteiger charge is 2.35. The Bertz CT molecular complexity index is 563. The number of ether oxygens (including phenoxy) is 1. The number of hydrogen-bond acceptors (Lipinski definition) is 4. The van der Waals surface area contributed by atoms with Crippen molar-refractivity contribution in [3.8, 4) is 0 Å². The van der Waals surface area contributed by atoms with Crippen LogP contribution in [-0.4, -0.2) is 54.7 Å². The zero-order valence-corrected chi connectivity index (χ0v) is 16.6. The van der Waals surface area contributed by atoms with Crippen LogP contribution in [0.1, 0.15) is 31.2 Å². The van der Waals surface area contributed by atoms with Crippen LogP contribution in [-0.2, 0) is 16.1 Å². The number of nitrogens with zero attached hydrogens (tertiary/aromatic N) is 1. The summed E-state index contributed by atoms with van der Waals surface area (Å²) in [4.78, 5) is 14.9. The Kier molecular flexibility index (Phi) is 8.17. The molecule has 26 heavy (non-hydrogen) atoms. The highest BCUT2D eigenvalue weighted by molar-refractivity contribution is 5.85. The average Bonchev–Trinajstić information content (AvgIpc) is 2.94. The van der Waals surface area contributed by atoms with Crippen molar-refractivity contribution in [2.45, 2.75) is 56.5 Å². The van der Waals surface area contributed by atoms with Crippen molar-refractivity contribution in [2.24, 2.45) is 0 Å². The maximum absolute atomic E-state index is 12.6. The van der Waals surface area contributed by atoms with Gasteiger partial charge in [-0.15, -0.1) is 24.8 Å². The number of carbonyl (C=O) groups excluding carboxylic acids is 1. The van der Waals surface area contributed by atoms with Gasteiger partial charge in [0.05, 0.1) is 6.61 Å². The lowest BCUT2D eigenvalue weighted by Crippen LogP contribution is -2.54. The molecule has 3 aliphatic heterocycles. The molecule has 1 amide bonds. The predicted molar refractivity (Wildman–Crippen MR) is 107 cm³/mol. The average molecular weight is 402 g/mol. The van der Waals surface area contributed by atoms with Crippen LogP contribution in [0.5, 0.6) is 0 Å². The lowest BCUT2D eigenvalue weighted by atomic mass is 9.99. The molecule has 2 bridgehead atoms. The number of rotatable bonds is 4. The Morgan fingerprint density at radius 2 is 1.85 bits per heavy atom. The molecule has 3 unspecified atom stereocenters. The van der Waals surface area contributed by atoms with E-state index in [4.69, 9.17) is 4.74 Å². The summed E-state index contributed by atoms with van der Waals surface area (Å²) in [6, 6.07) is 11.9. The number of piperidine rings is 1. The van der Waals surface area contributed by atoms with Crippen LogP contribution in [0, 0.1) is 0 Å². The first-order valence-corrected chi connectivity index (χ1v) is 9.20. The molecular formula is C19H29Cl2N3O2. The van der Waals surface area contributed by atoms with Gasteiger partial charge in [0.25, 0.3) is 5.91 Å². The van der Waals surface area contributed by atoms with Gasteiger partial charge in [0.2, 0.25) is 0 Å². The van der Waals surface area contributed by atoms with Gasteiger partial charge in [-0.05, 0) is 31.2 Å². The number of nitrogens with one attached hydrogen (secondary N) is 2. The van der Waals surface area contributed by atoms with E-state index in [0.29, 0.717) is 31.3 Å². The van der Waals surface area contributed by atoms with Gasteiger partial charge >= 0.3 is 0 Å². The van der Waals surface area contributed by atoms with E-state index in [0.717, 1.165) is 25.9 Å². The third-order valence-corrected chi connectivity index (χ3v) is 5.51. The minimum absolute atomic E-state index is 0. The number of morpholine rings is 1. The van der Waals surface area contributed by atoms with E-state index < -0.39 is 0 Å². The second-order valence-electron chi connectivity index (χ2n) is 7.39. The van der Waals surface area contributed by atoms with Crippen LogP contribution in [0.4, 0.5) is 0 Å². The molecule has 0 aliphatic carbocycles. The van der Waals surface area contributed by atoms with E-state index in [2.05, 4.69) is 39.8 Å². The van der Waals surface area contributed by atoms with Crippen molar-refractivity contribution in [3.63, 3.8) is 0 Å². The highest BCUT2D eigenvalue weighted by Crippen LogP contribution is 2.26. The number of carbonyl (C=O) groups is 1. The van der Waals surface area contributed by atoms with Gasteiger partial charge in [0, 0.05) is 37.8 Å². The van der Waals surface area contributed by atoms with Crippen LogP contribution in [0.3, 0.4) is 0 Å². The summed E-state index contributed by atoms with van der Waals surface area (Å²) in [5.41, 5.74) is 1.29. The molecule has 2 N–H and O–H groups in total. The molecule has 5 nitrogen and oxygen atoms in total. The maximum atomic E-state index is 12.6. The molecule has 3 aliphatic rings. The number of hydrogen-bond donors (Lipinski definition) is 2. The van der Waals surface area contributed by atoms with Crippen molar-refractivity contribution < 1.29 is 9.53 Å². The second-order valence-corrected chi connectivity index (χ2v) is 7.39. The normalized spacial score (nSPS) is 30.8. The van der Waals surface area contributed by atoms with Crippen molar-refractivity contribution in [1.82, 2.24) is 15.5 Å². The smallest absolute Gasteiger partial charge is 0.250 e.